The van der Waals surface area contributed by atoms with E-state index in [-0.39, 0.29) is 0 Å². The van der Waals surface area contributed by atoms with Gasteiger partial charge >= 0.3 is 0 Å². The summed E-state index contributed by atoms with van der Waals surface area (Å²) >= 11 is 5.85. The van der Waals surface area contributed by atoms with Gasteiger partial charge in [0.05, 0.1) is 12.4 Å². The minimum absolute atomic E-state index is 0.310. The van der Waals surface area contributed by atoms with Gasteiger partial charge in [-0.25, -0.2) is 4.98 Å². The van der Waals surface area contributed by atoms with Gasteiger partial charge < -0.3 is 10.1 Å². The molecule has 1 heterocycles. The van der Waals surface area contributed by atoms with E-state index in [0.29, 0.717) is 30.3 Å². The Morgan fingerprint density at radius 2 is 2.20 bits per heavy atom. The molecule has 0 saturated heterocycles. The highest BCUT2D eigenvalue weighted by atomic mass is 35.5. The van der Waals surface area contributed by atoms with Crippen molar-refractivity contribution in [3.63, 3.8) is 0 Å². The molecule has 104 valence electrons. The number of nitrogens with zero attached hydrogens (tertiary/aromatic N) is 1. The maximum absolute atomic E-state index is 10.7. The Kier molecular flexibility index (Phi) is 5.38. The number of carbonyl (C=O) groups is 1. The van der Waals surface area contributed by atoms with E-state index in [9.17, 15) is 4.79 Å². The van der Waals surface area contributed by atoms with Crippen molar-refractivity contribution in [3.8, 4) is 5.75 Å². The summed E-state index contributed by atoms with van der Waals surface area (Å²) in [5.74, 6) is 1.82. The molecule has 0 atom stereocenters. The quantitative estimate of drug-likeness (QED) is 0.483. The molecular weight excluding hydrogens is 276 g/mol. The number of aldehydes is 1. The molecule has 0 saturated carbocycles. The topological polar surface area (TPSA) is 51.2 Å². The van der Waals surface area contributed by atoms with Crippen LogP contribution in [0.3, 0.4) is 0 Å². The van der Waals surface area contributed by atoms with E-state index in [1.54, 1.807) is 24.4 Å². The zero-order valence-electron chi connectivity index (χ0n) is 10.9. The molecule has 0 aliphatic carbocycles. The number of benzene rings is 1. The van der Waals surface area contributed by atoms with Crippen LogP contribution >= 0.6 is 11.6 Å². The van der Waals surface area contributed by atoms with Crippen molar-refractivity contribution in [2.24, 2.45) is 0 Å². The number of hydrogen-bond donors (Lipinski definition) is 1. The average Bonchev–Trinajstić information content (AvgIpc) is 2.52. The van der Waals surface area contributed by atoms with Gasteiger partial charge in [-0.15, -0.1) is 11.6 Å². The summed E-state index contributed by atoms with van der Waals surface area (Å²) in [4.78, 5) is 14.9. The highest BCUT2D eigenvalue weighted by molar-refractivity contribution is 6.17. The minimum Gasteiger partial charge on any atom is -0.491 e. The average molecular weight is 291 g/mol. The third-order valence-corrected chi connectivity index (χ3v) is 2.98. The smallest absolute Gasteiger partial charge is 0.150 e. The molecule has 20 heavy (non-hydrogen) atoms. The molecule has 4 nitrogen and oxygen atoms in total. The molecule has 0 amide bonds. The first kappa shape index (κ1) is 14.3. The predicted octanol–water partition coefficient (Wildman–Crippen LogP) is 3.12. The predicted molar refractivity (Wildman–Crippen MR) is 79.6 cm³/mol. The number of carbonyl (C=O) groups excluding carboxylic acids is 1. The first-order valence-electron chi connectivity index (χ1n) is 6.25. The lowest BCUT2D eigenvalue weighted by Gasteiger charge is -2.11. The molecular formula is C15H15ClN2O2. The van der Waals surface area contributed by atoms with Crippen LogP contribution < -0.4 is 10.1 Å². The van der Waals surface area contributed by atoms with Crippen LogP contribution in [-0.2, 0) is 5.88 Å². The van der Waals surface area contributed by atoms with Gasteiger partial charge in [0, 0.05) is 17.3 Å². The Balaban J connectivity index is 1.86. The summed E-state index contributed by atoms with van der Waals surface area (Å²) in [6.07, 6.45) is 2.52. The molecule has 2 rings (SSSR count). The maximum atomic E-state index is 10.7. The van der Waals surface area contributed by atoms with E-state index in [4.69, 9.17) is 16.3 Å². The van der Waals surface area contributed by atoms with E-state index in [1.165, 1.54) is 0 Å². The number of alkyl halides is 1. The summed E-state index contributed by atoms with van der Waals surface area (Å²) in [5.41, 5.74) is 1.41. The molecule has 5 heteroatoms. The lowest BCUT2D eigenvalue weighted by atomic mass is 10.1. The van der Waals surface area contributed by atoms with Crippen molar-refractivity contribution in [2.45, 2.75) is 5.88 Å². The van der Waals surface area contributed by atoms with Gasteiger partial charge in [0.1, 0.15) is 24.5 Å². The van der Waals surface area contributed by atoms with Crippen LogP contribution in [0.5, 0.6) is 5.75 Å². The van der Waals surface area contributed by atoms with Crippen molar-refractivity contribution in [1.82, 2.24) is 4.98 Å². The van der Waals surface area contributed by atoms with Crippen molar-refractivity contribution < 1.29 is 9.53 Å². The number of nitrogens with one attached hydrogen (secondary N) is 1. The largest absolute Gasteiger partial charge is 0.491 e. The van der Waals surface area contributed by atoms with E-state index in [2.05, 4.69) is 10.3 Å². The SMILES string of the molecule is O=Cc1ccc(OCCNc2ccccn2)c(CCl)c1. The molecule has 1 aromatic carbocycles. The van der Waals surface area contributed by atoms with Gasteiger partial charge in [-0.1, -0.05) is 6.07 Å². The van der Waals surface area contributed by atoms with E-state index in [0.717, 1.165) is 17.7 Å². The molecule has 0 fully saturated rings. The minimum atomic E-state index is 0.310. The fourth-order valence-electron chi connectivity index (χ4n) is 1.73. The normalized spacial score (nSPS) is 10.1. The molecule has 0 bridgehead atoms. The number of halogens is 1. The van der Waals surface area contributed by atoms with E-state index >= 15 is 0 Å². The number of hydrogen-bond acceptors (Lipinski definition) is 4. The maximum Gasteiger partial charge on any atom is 0.150 e. The zero-order valence-corrected chi connectivity index (χ0v) is 11.6. The fraction of sp³-hybridized carbons (Fsp3) is 0.200. The Labute approximate surface area is 122 Å². The summed E-state index contributed by atoms with van der Waals surface area (Å²) in [7, 11) is 0. The Hall–Kier alpha value is -2.07. The highest BCUT2D eigenvalue weighted by Gasteiger charge is 2.04. The van der Waals surface area contributed by atoms with Crippen molar-refractivity contribution in [1.29, 1.82) is 0 Å². The molecule has 0 unspecified atom stereocenters. The standard InChI is InChI=1S/C15H15ClN2O2/c16-10-13-9-12(11-19)4-5-14(13)20-8-7-18-15-3-1-2-6-17-15/h1-6,9,11H,7-8,10H2,(H,17,18). The van der Waals surface area contributed by atoms with Gasteiger partial charge in [0.15, 0.2) is 0 Å². The van der Waals surface area contributed by atoms with Crippen LogP contribution in [0.2, 0.25) is 0 Å². The van der Waals surface area contributed by atoms with Crippen LogP contribution in [0.1, 0.15) is 15.9 Å². The third-order valence-electron chi connectivity index (χ3n) is 2.70. The number of ether oxygens (including phenoxy) is 1. The highest BCUT2D eigenvalue weighted by Crippen LogP contribution is 2.21. The van der Waals surface area contributed by atoms with Crippen LogP contribution in [-0.4, -0.2) is 24.4 Å². The van der Waals surface area contributed by atoms with Gasteiger partial charge in [-0.2, -0.15) is 0 Å². The first-order valence-corrected chi connectivity index (χ1v) is 6.78. The third kappa shape index (κ3) is 3.96. The molecule has 1 aromatic heterocycles. The van der Waals surface area contributed by atoms with E-state index in [1.807, 2.05) is 18.2 Å². The van der Waals surface area contributed by atoms with Crippen molar-refractivity contribution in [3.05, 3.63) is 53.7 Å². The fourth-order valence-corrected chi connectivity index (χ4v) is 1.93. The Morgan fingerprint density at radius 1 is 1.30 bits per heavy atom. The van der Waals surface area contributed by atoms with E-state index < -0.39 is 0 Å². The summed E-state index contributed by atoms with van der Waals surface area (Å²) < 4.78 is 5.66. The summed E-state index contributed by atoms with van der Waals surface area (Å²) in [6.45, 7) is 1.12. The van der Waals surface area contributed by atoms with Crippen LogP contribution in [0.15, 0.2) is 42.6 Å². The van der Waals surface area contributed by atoms with Gasteiger partial charge in [0.25, 0.3) is 0 Å². The number of rotatable bonds is 7. The van der Waals surface area contributed by atoms with Gasteiger partial charge in [-0.05, 0) is 30.3 Å². The van der Waals surface area contributed by atoms with Gasteiger partial charge in [-0.3, -0.25) is 4.79 Å². The lowest BCUT2D eigenvalue weighted by molar-refractivity contribution is 0.112. The molecule has 0 aliphatic heterocycles. The Bertz CT molecular complexity index is 561. The molecule has 2 aromatic rings. The van der Waals surface area contributed by atoms with Crippen LogP contribution in [0.4, 0.5) is 5.82 Å². The molecule has 1 N–H and O–H groups in total. The second-order valence-electron chi connectivity index (χ2n) is 4.11. The second-order valence-corrected chi connectivity index (χ2v) is 4.38. The van der Waals surface area contributed by atoms with Crippen molar-refractivity contribution >= 4 is 23.7 Å². The monoisotopic (exact) mass is 290 g/mol. The molecule has 0 aliphatic rings. The van der Waals surface area contributed by atoms with Gasteiger partial charge in [0.2, 0.25) is 0 Å². The zero-order chi connectivity index (χ0) is 14.2. The summed E-state index contributed by atoms with van der Waals surface area (Å²) in [6, 6.07) is 10.9. The van der Waals surface area contributed by atoms with Crippen LogP contribution in [0.25, 0.3) is 0 Å². The number of anilines is 1. The lowest BCUT2D eigenvalue weighted by Crippen LogP contribution is -2.12. The number of aromatic nitrogens is 1. The van der Waals surface area contributed by atoms with Crippen molar-refractivity contribution in [2.75, 3.05) is 18.5 Å². The Morgan fingerprint density at radius 3 is 2.90 bits per heavy atom. The molecule has 0 spiro atoms. The summed E-state index contributed by atoms with van der Waals surface area (Å²) in [5, 5.41) is 3.15. The molecule has 0 radical (unpaired) electrons. The number of pyridine rings is 1. The first-order chi connectivity index (χ1) is 9.83. The van der Waals surface area contributed by atoms with Crippen LogP contribution in [0, 0.1) is 0 Å². The second kappa shape index (κ2) is 7.50.